The fourth-order valence-corrected chi connectivity index (χ4v) is 2.38. The van der Waals surface area contributed by atoms with Crippen LogP contribution < -0.4 is 10.4 Å². The highest BCUT2D eigenvalue weighted by molar-refractivity contribution is 5.69. The van der Waals surface area contributed by atoms with Crippen LogP contribution in [0.15, 0.2) is 35.3 Å². The molecule has 0 bridgehead atoms. The maximum atomic E-state index is 12.3. The Labute approximate surface area is 175 Å². The Balaban J connectivity index is 0.00000379. The zero-order valence-electron chi connectivity index (χ0n) is 19.0. The predicted molar refractivity (Wildman–Crippen MR) is 114 cm³/mol. The summed E-state index contributed by atoms with van der Waals surface area (Å²) in [6.45, 7) is 14.2. The number of aliphatic hydroxyl groups excluding tert-OH is 1. The molecule has 1 aromatic rings. The number of nitrogens with one attached hydrogen (secondary N) is 1. The molecule has 7 nitrogen and oxygen atoms in total. The average Bonchev–Trinajstić information content (AvgIpc) is 2.60. The van der Waals surface area contributed by atoms with Crippen molar-refractivity contribution >= 4 is 12.2 Å². The zero-order chi connectivity index (χ0) is 22.7. The molecule has 0 radical (unpaired) electrons. The number of aliphatic imine (C=N–C) groups is 1. The van der Waals surface area contributed by atoms with E-state index in [0.29, 0.717) is 5.56 Å². The SMILES string of the molecule is CC.CC(C)(C)OC(=O)NC(CO)(CCN=C([O-])OC(C)(C)C)c1ccccc1. The first kappa shape index (κ1) is 26.7. The minimum Gasteiger partial charge on any atom is -0.595 e. The number of aliphatic hydroxyl groups is 1. The second kappa shape index (κ2) is 11.7. The van der Waals surface area contributed by atoms with E-state index >= 15 is 0 Å². The van der Waals surface area contributed by atoms with E-state index in [-0.39, 0.29) is 19.6 Å². The normalized spacial score (nSPS) is 14.2. The van der Waals surface area contributed by atoms with Crippen LogP contribution in [0.25, 0.3) is 0 Å². The van der Waals surface area contributed by atoms with Gasteiger partial charge in [-0.15, -0.1) is 0 Å². The Hall–Kier alpha value is -2.28. The van der Waals surface area contributed by atoms with Crippen molar-refractivity contribution in [2.45, 2.75) is 78.6 Å². The van der Waals surface area contributed by atoms with Crippen molar-refractivity contribution < 1.29 is 24.5 Å². The Morgan fingerprint density at radius 2 is 1.55 bits per heavy atom. The fraction of sp³-hybridized carbons (Fsp3) is 0.636. The maximum Gasteiger partial charge on any atom is 0.408 e. The largest absolute Gasteiger partial charge is 0.595 e. The standard InChI is InChI=1S/C20H32N2O5.C2H6/c1-18(2,3)26-16(24)21-13-12-20(14-23,15-10-8-7-9-11-15)22-17(25)27-19(4,5)6;1-2/h7-11,23H,12-14H2,1-6H3,(H,21,24)(H,22,25);1-2H3/p-1. The van der Waals surface area contributed by atoms with E-state index in [9.17, 15) is 15.0 Å². The van der Waals surface area contributed by atoms with Crippen molar-refractivity contribution in [3.63, 3.8) is 0 Å². The van der Waals surface area contributed by atoms with Crippen LogP contribution in [0.1, 0.15) is 67.4 Å². The van der Waals surface area contributed by atoms with E-state index in [2.05, 4.69) is 10.3 Å². The number of alkyl carbamates (subject to hydrolysis) is 1. The lowest BCUT2D eigenvalue weighted by Gasteiger charge is -2.34. The molecule has 29 heavy (non-hydrogen) atoms. The first-order valence-electron chi connectivity index (χ1n) is 9.95. The number of nitrogens with zero attached hydrogens (tertiary/aromatic N) is 1. The number of carbonyl (C=O) groups excluding carboxylic acids is 1. The summed E-state index contributed by atoms with van der Waals surface area (Å²) >= 11 is 0. The minimum atomic E-state index is -1.13. The predicted octanol–water partition coefficient (Wildman–Crippen LogP) is 3.35. The number of amides is 1. The van der Waals surface area contributed by atoms with Gasteiger partial charge >= 0.3 is 6.09 Å². The number of rotatable bonds is 6. The molecular weight excluding hydrogens is 372 g/mol. The van der Waals surface area contributed by atoms with Gasteiger partial charge in [-0.1, -0.05) is 65.0 Å². The van der Waals surface area contributed by atoms with Crippen molar-refractivity contribution in [1.82, 2.24) is 5.32 Å². The van der Waals surface area contributed by atoms with Gasteiger partial charge in [0.25, 0.3) is 0 Å². The van der Waals surface area contributed by atoms with Crippen LogP contribution in [-0.4, -0.2) is 41.6 Å². The fourth-order valence-electron chi connectivity index (χ4n) is 2.38. The first-order valence-corrected chi connectivity index (χ1v) is 9.95. The Bertz CT molecular complexity index is 633. The summed E-state index contributed by atoms with van der Waals surface area (Å²) in [5.74, 6) is 0. The third kappa shape index (κ3) is 10.7. The molecule has 2 N–H and O–H groups in total. The van der Waals surface area contributed by atoms with Crippen LogP contribution in [0, 0.1) is 0 Å². The summed E-state index contributed by atoms with van der Waals surface area (Å²) < 4.78 is 10.5. The number of hydrogen-bond donors (Lipinski definition) is 2. The van der Waals surface area contributed by atoms with Crippen molar-refractivity contribution in [3.05, 3.63) is 35.9 Å². The van der Waals surface area contributed by atoms with Gasteiger partial charge < -0.3 is 25.0 Å². The molecule has 0 aliphatic rings. The molecule has 0 spiro atoms. The molecule has 0 saturated carbocycles. The van der Waals surface area contributed by atoms with E-state index < -0.39 is 28.9 Å². The third-order valence-corrected chi connectivity index (χ3v) is 3.51. The summed E-state index contributed by atoms with van der Waals surface area (Å²) in [7, 11) is 0. The van der Waals surface area contributed by atoms with Crippen LogP contribution in [0.3, 0.4) is 0 Å². The molecule has 1 amide bonds. The molecular formula is C22H37N2O5-. The molecule has 7 heteroatoms. The van der Waals surface area contributed by atoms with Gasteiger partial charge in [0.1, 0.15) is 11.7 Å². The summed E-state index contributed by atoms with van der Waals surface area (Å²) in [6.07, 6.45) is -1.14. The van der Waals surface area contributed by atoms with Crippen LogP contribution >= 0.6 is 0 Å². The smallest absolute Gasteiger partial charge is 0.408 e. The molecule has 0 aromatic heterocycles. The first-order chi connectivity index (χ1) is 13.4. The summed E-state index contributed by atoms with van der Waals surface area (Å²) in [5.41, 5.74) is -1.75. The van der Waals surface area contributed by atoms with E-state index in [1.165, 1.54) is 0 Å². The Morgan fingerprint density at radius 1 is 1.03 bits per heavy atom. The van der Waals surface area contributed by atoms with Crippen molar-refractivity contribution in [3.8, 4) is 0 Å². The highest BCUT2D eigenvalue weighted by Gasteiger charge is 2.34. The van der Waals surface area contributed by atoms with Gasteiger partial charge in [-0.2, -0.15) is 0 Å². The van der Waals surface area contributed by atoms with Crippen LogP contribution in [-0.2, 0) is 15.0 Å². The minimum absolute atomic E-state index is 0.0696. The molecule has 1 unspecified atom stereocenters. The van der Waals surface area contributed by atoms with Crippen LogP contribution in [0.4, 0.5) is 4.79 Å². The molecule has 0 fully saturated rings. The maximum absolute atomic E-state index is 12.3. The highest BCUT2D eigenvalue weighted by Crippen LogP contribution is 2.26. The van der Waals surface area contributed by atoms with Gasteiger partial charge in [-0.05, 0) is 32.8 Å². The molecule has 0 heterocycles. The van der Waals surface area contributed by atoms with Gasteiger partial charge in [0.05, 0.1) is 12.1 Å². The molecule has 1 atom stereocenters. The lowest BCUT2D eigenvalue weighted by Crippen LogP contribution is -2.50. The van der Waals surface area contributed by atoms with Gasteiger partial charge in [0, 0.05) is 12.1 Å². The lowest BCUT2D eigenvalue weighted by atomic mass is 9.87. The van der Waals surface area contributed by atoms with E-state index in [4.69, 9.17) is 9.47 Å². The van der Waals surface area contributed by atoms with Crippen LogP contribution in [0.5, 0.6) is 0 Å². The lowest BCUT2D eigenvalue weighted by molar-refractivity contribution is -0.260. The topological polar surface area (TPSA) is 103 Å². The zero-order valence-corrected chi connectivity index (χ0v) is 19.0. The Kier molecular flexibility index (Phi) is 10.7. The summed E-state index contributed by atoms with van der Waals surface area (Å²) in [5, 5.41) is 24.7. The monoisotopic (exact) mass is 409 g/mol. The molecule has 1 aromatic carbocycles. The van der Waals surface area contributed by atoms with E-state index in [1.807, 2.05) is 32.0 Å². The number of carbonyl (C=O) groups is 1. The van der Waals surface area contributed by atoms with Gasteiger partial charge in [-0.25, -0.2) is 4.79 Å². The van der Waals surface area contributed by atoms with Crippen molar-refractivity contribution in [1.29, 1.82) is 0 Å². The number of ether oxygens (including phenoxy) is 2. The molecule has 0 saturated heterocycles. The van der Waals surface area contributed by atoms with Crippen LogP contribution in [0.2, 0.25) is 0 Å². The molecule has 0 aliphatic carbocycles. The molecule has 1 rings (SSSR count). The number of benzene rings is 1. The van der Waals surface area contributed by atoms with E-state index in [0.717, 1.165) is 0 Å². The van der Waals surface area contributed by atoms with Gasteiger partial charge in [0.15, 0.2) is 0 Å². The second-order valence-electron chi connectivity index (χ2n) is 8.35. The quantitative estimate of drug-likeness (QED) is 0.554. The average molecular weight is 410 g/mol. The number of hydrogen-bond acceptors (Lipinski definition) is 6. The summed E-state index contributed by atoms with van der Waals surface area (Å²) in [4.78, 5) is 16.2. The summed E-state index contributed by atoms with van der Waals surface area (Å²) in [6, 6.07) is 9.04. The molecule has 166 valence electrons. The second-order valence-corrected chi connectivity index (χ2v) is 8.35. The van der Waals surface area contributed by atoms with Gasteiger partial charge in [0.2, 0.25) is 0 Å². The van der Waals surface area contributed by atoms with Crippen molar-refractivity contribution in [2.75, 3.05) is 13.2 Å². The van der Waals surface area contributed by atoms with Crippen molar-refractivity contribution in [2.24, 2.45) is 4.99 Å². The third-order valence-electron chi connectivity index (χ3n) is 3.51. The Morgan fingerprint density at radius 3 is 2.00 bits per heavy atom. The molecule has 0 aliphatic heterocycles. The van der Waals surface area contributed by atoms with E-state index in [1.54, 1.807) is 53.7 Å². The van der Waals surface area contributed by atoms with Gasteiger partial charge in [-0.3, -0.25) is 4.99 Å². The highest BCUT2D eigenvalue weighted by atomic mass is 16.6.